The van der Waals surface area contributed by atoms with E-state index in [1.54, 1.807) is 13.1 Å². The second-order valence-corrected chi connectivity index (χ2v) is 8.86. The Bertz CT molecular complexity index is 1230. The van der Waals surface area contributed by atoms with E-state index in [0.29, 0.717) is 5.01 Å². The molecule has 36 heavy (non-hydrogen) atoms. The zero-order chi connectivity index (χ0) is 26.5. The summed E-state index contributed by atoms with van der Waals surface area (Å²) in [4.78, 5) is 36.4. The molecule has 10 nitrogen and oxygen atoms in total. The number of aromatic nitrogens is 3. The van der Waals surface area contributed by atoms with E-state index in [2.05, 4.69) is 25.8 Å². The number of imidazole rings is 1. The number of allylic oxidation sites excluding steroid dienone is 1. The van der Waals surface area contributed by atoms with E-state index in [4.69, 9.17) is 4.74 Å². The van der Waals surface area contributed by atoms with Crippen molar-refractivity contribution in [3.05, 3.63) is 56.9 Å². The molecule has 0 saturated heterocycles. The largest absolute Gasteiger partial charge is 0.573 e. The van der Waals surface area contributed by atoms with Crippen LogP contribution in [0.15, 0.2) is 35.6 Å². The van der Waals surface area contributed by atoms with Crippen LogP contribution in [0.4, 0.5) is 18.0 Å². The minimum Gasteiger partial charge on any atom is -0.421 e. The average Bonchev–Trinajstić information content (AvgIpc) is 3.36. The van der Waals surface area contributed by atoms with Gasteiger partial charge in [0.25, 0.3) is 5.91 Å². The van der Waals surface area contributed by atoms with Crippen molar-refractivity contribution in [2.75, 3.05) is 20.2 Å². The number of hydrogen-bond acceptors (Lipinski definition) is 8. The Labute approximate surface area is 208 Å². The topological polar surface area (TPSA) is 119 Å². The van der Waals surface area contributed by atoms with Crippen LogP contribution in [0, 0.1) is 13.8 Å². The number of halogens is 3. The summed E-state index contributed by atoms with van der Waals surface area (Å²) >= 11 is 1.39. The highest BCUT2D eigenvalue weighted by Crippen LogP contribution is 2.27. The number of aryl methyl sites for hydroxylation is 2. The van der Waals surface area contributed by atoms with E-state index < -0.39 is 24.1 Å². The van der Waals surface area contributed by atoms with E-state index in [1.165, 1.54) is 29.0 Å². The second-order valence-electron chi connectivity index (χ2n) is 7.54. The minimum atomic E-state index is -4.83. The van der Waals surface area contributed by atoms with Crippen molar-refractivity contribution in [3.63, 3.8) is 0 Å². The van der Waals surface area contributed by atoms with Crippen LogP contribution in [0.5, 0.6) is 6.01 Å². The Balaban J connectivity index is 1.98. The molecule has 2 aromatic heterocycles. The molecule has 0 spiro atoms. The highest BCUT2D eigenvalue weighted by atomic mass is 32.1. The van der Waals surface area contributed by atoms with Gasteiger partial charge in [0.1, 0.15) is 16.5 Å². The van der Waals surface area contributed by atoms with Crippen molar-refractivity contribution in [1.82, 2.24) is 24.8 Å². The van der Waals surface area contributed by atoms with E-state index in [1.807, 2.05) is 6.92 Å². The van der Waals surface area contributed by atoms with Crippen molar-refractivity contribution < 1.29 is 37.3 Å². The number of ether oxygens (including phenoxy) is 2. The summed E-state index contributed by atoms with van der Waals surface area (Å²) in [5, 5.41) is 12.2. The van der Waals surface area contributed by atoms with Gasteiger partial charge in [0.15, 0.2) is 5.76 Å². The number of amides is 3. The number of aliphatic hydroxyl groups is 1. The summed E-state index contributed by atoms with van der Waals surface area (Å²) in [6.07, 6.45) is -0.877. The van der Waals surface area contributed by atoms with Crippen molar-refractivity contribution in [2.45, 2.75) is 39.6 Å². The third-order valence-corrected chi connectivity index (χ3v) is 5.73. The maximum Gasteiger partial charge on any atom is 0.573 e. The Kier molecular flexibility index (Phi) is 8.56. The fraction of sp³-hybridized carbons (Fsp3) is 0.409. The molecule has 14 heteroatoms. The third kappa shape index (κ3) is 6.74. The number of nitrogens with one attached hydrogen (secondary N) is 1. The number of carbonyl (C=O) groups excluding carboxylic acids is 2. The van der Waals surface area contributed by atoms with E-state index in [-0.39, 0.29) is 55.7 Å². The highest BCUT2D eigenvalue weighted by Gasteiger charge is 2.32. The van der Waals surface area contributed by atoms with Gasteiger partial charge < -0.3 is 19.9 Å². The van der Waals surface area contributed by atoms with Gasteiger partial charge >= 0.3 is 18.4 Å². The minimum absolute atomic E-state index is 0.0211. The van der Waals surface area contributed by atoms with Crippen LogP contribution in [0.2, 0.25) is 0 Å². The first-order chi connectivity index (χ1) is 17.0. The number of aliphatic hydroxyl groups excluding tert-OH is 1. The Morgan fingerprint density at radius 2 is 2.11 bits per heavy atom. The number of rotatable bonds is 9. The van der Waals surface area contributed by atoms with E-state index in [9.17, 15) is 27.9 Å². The lowest BCUT2D eigenvalue weighted by Crippen LogP contribution is -2.44. The lowest BCUT2D eigenvalue weighted by molar-refractivity contribution is -0.303. The summed E-state index contributed by atoms with van der Waals surface area (Å²) < 4.78 is 48.5. The van der Waals surface area contributed by atoms with Crippen molar-refractivity contribution >= 4 is 23.3 Å². The molecular formula is C22H24F3N5O5S. The van der Waals surface area contributed by atoms with Gasteiger partial charge in [0.05, 0.1) is 12.2 Å². The molecule has 0 unspecified atom stereocenters. The Morgan fingerprint density at radius 3 is 2.67 bits per heavy atom. The third-order valence-electron chi connectivity index (χ3n) is 4.83. The van der Waals surface area contributed by atoms with Gasteiger partial charge in [-0.15, -0.1) is 24.5 Å². The van der Waals surface area contributed by atoms with Gasteiger partial charge in [-0.3, -0.25) is 14.3 Å². The molecule has 194 valence electrons. The maximum atomic E-state index is 13.5. The van der Waals surface area contributed by atoms with Gasteiger partial charge in [0.2, 0.25) is 0 Å². The molecule has 1 aliphatic carbocycles. The van der Waals surface area contributed by atoms with E-state index in [0.717, 1.165) is 15.9 Å². The monoisotopic (exact) mass is 527 g/mol. The predicted octanol–water partition coefficient (Wildman–Crippen LogP) is 3.41. The van der Waals surface area contributed by atoms with Crippen LogP contribution >= 0.6 is 11.3 Å². The lowest BCUT2D eigenvalue weighted by Gasteiger charge is -2.21. The van der Waals surface area contributed by atoms with Crippen LogP contribution in [0.25, 0.3) is 0 Å². The SMILES string of the molecule is CNC(=O)N(CCCO)C(=O)c1c(C)nc(OC2=C=CC(OC(F)(F)F)=CC2)n1Cc1ncc(C)s1. The van der Waals surface area contributed by atoms with Crippen LogP contribution in [0.3, 0.4) is 0 Å². The summed E-state index contributed by atoms with van der Waals surface area (Å²) in [6.45, 7) is 3.27. The number of nitrogens with zero attached hydrogens (tertiary/aromatic N) is 4. The fourth-order valence-corrected chi connectivity index (χ4v) is 4.06. The molecule has 2 heterocycles. The summed E-state index contributed by atoms with van der Waals surface area (Å²) in [5.74, 6) is -0.938. The molecule has 0 aliphatic heterocycles. The normalized spacial score (nSPS) is 13.2. The van der Waals surface area contributed by atoms with Gasteiger partial charge in [-0.25, -0.2) is 9.78 Å². The van der Waals surface area contributed by atoms with Crippen LogP contribution in [-0.2, 0) is 11.3 Å². The molecule has 1 aliphatic rings. The number of imide groups is 1. The molecule has 0 radical (unpaired) electrons. The quantitative estimate of drug-likeness (QED) is 0.480. The van der Waals surface area contributed by atoms with Crippen LogP contribution in [0.1, 0.15) is 38.9 Å². The van der Waals surface area contributed by atoms with Gasteiger partial charge in [-0.05, 0) is 26.3 Å². The first-order valence-corrected chi connectivity index (χ1v) is 11.6. The maximum absolute atomic E-state index is 13.5. The summed E-state index contributed by atoms with van der Waals surface area (Å²) in [6, 6.07) is -0.680. The second kappa shape index (κ2) is 11.4. The molecular weight excluding hydrogens is 503 g/mol. The zero-order valence-corrected chi connectivity index (χ0v) is 20.5. The summed E-state index contributed by atoms with van der Waals surface area (Å²) in [5.41, 5.74) is 2.92. The van der Waals surface area contributed by atoms with Gasteiger partial charge in [-0.1, -0.05) is 5.73 Å². The average molecular weight is 528 g/mol. The summed E-state index contributed by atoms with van der Waals surface area (Å²) in [7, 11) is 1.38. The smallest absolute Gasteiger partial charge is 0.421 e. The van der Waals surface area contributed by atoms with E-state index >= 15 is 0 Å². The Hall–Kier alpha value is -3.61. The first-order valence-electron chi connectivity index (χ1n) is 10.7. The fourth-order valence-electron chi connectivity index (χ4n) is 3.29. The number of urea groups is 1. The standard InChI is InChI=1S/C22H24F3N5O5S/c1-13-11-27-17(36-13)12-30-18(19(32)29(9-4-10-31)20(33)26-3)14(2)28-21(30)34-15-5-7-16(8-6-15)35-22(23,24)25/h7-8,11,31H,4-5,9-10,12H2,1-3H3,(H,26,33). The predicted molar refractivity (Wildman–Crippen MR) is 122 cm³/mol. The molecule has 3 amide bonds. The number of carbonyl (C=O) groups is 2. The van der Waals surface area contributed by atoms with Gasteiger partial charge in [-0.2, -0.15) is 4.98 Å². The Morgan fingerprint density at radius 1 is 1.36 bits per heavy atom. The number of hydrogen-bond donors (Lipinski definition) is 2. The number of alkyl halides is 3. The molecule has 2 N–H and O–H groups in total. The molecule has 3 rings (SSSR count). The number of thiazole rings is 1. The highest BCUT2D eigenvalue weighted by molar-refractivity contribution is 7.11. The molecule has 0 fully saturated rings. The van der Waals surface area contributed by atoms with Crippen molar-refractivity contribution in [2.24, 2.45) is 0 Å². The molecule has 0 bridgehead atoms. The molecule has 2 aromatic rings. The lowest BCUT2D eigenvalue weighted by atomic mass is 10.2. The zero-order valence-electron chi connectivity index (χ0n) is 19.7. The van der Waals surface area contributed by atoms with Crippen molar-refractivity contribution in [3.8, 4) is 6.01 Å². The van der Waals surface area contributed by atoms with Crippen LogP contribution in [-0.4, -0.2) is 63.0 Å². The van der Waals surface area contributed by atoms with Gasteiger partial charge in [0, 0.05) is 43.8 Å². The molecule has 0 aromatic carbocycles. The van der Waals surface area contributed by atoms with Crippen LogP contribution < -0.4 is 10.1 Å². The van der Waals surface area contributed by atoms with Crippen molar-refractivity contribution in [1.29, 1.82) is 0 Å². The first kappa shape index (κ1) is 27.0. The molecule has 0 atom stereocenters. The molecule has 0 saturated carbocycles.